The van der Waals surface area contributed by atoms with Crippen molar-refractivity contribution in [2.24, 2.45) is 0 Å². The maximum atomic E-state index is 13.7. The molecule has 1 amide bonds. The standard InChI is InChI=1S/C29H27ClFNO4/c1-17(2)23-16-20(8-13-24(23)36-3)27(33)25-26(19-6-11-22(31)12-7-19)32(29(35)28(25)34)15-14-18-4-9-21(30)10-5-18/h4-13,16-17,26,33H,14-15H2,1-3H3/b27-25-. The van der Waals surface area contributed by atoms with Crippen LogP contribution in [-0.2, 0) is 16.0 Å². The predicted molar refractivity (Wildman–Crippen MR) is 138 cm³/mol. The van der Waals surface area contributed by atoms with Crippen LogP contribution >= 0.6 is 11.6 Å². The van der Waals surface area contributed by atoms with Crippen molar-refractivity contribution in [3.63, 3.8) is 0 Å². The number of halogens is 2. The number of amides is 1. The first-order valence-electron chi connectivity index (χ1n) is 11.7. The molecule has 1 saturated heterocycles. The van der Waals surface area contributed by atoms with Gasteiger partial charge in [0.25, 0.3) is 11.7 Å². The molecule has 0 aliphatic carbocycles. The summed E-state index contributed by atoms with van der Waals surface area (Å²) in [5.74, 6) is -1.44. The average molecular weight is 508 g/mol. The molecule has 1 unspecified atom stereocenters. The van der Waals surface area contributed by atoms with Crippen LogP contribution in [0, 0.1) is 5.82 Å². The van der Waals surface area contributed by atoms with Crippen molar-refractivity contribution in [1.29, 1.82) is 0 Å². The number of carbonyl (C=O) groups excluding carboxylic acids is 2. The zero-order chi connectivity index (χ0) is 26.0. The molecule has 0 saturated carbocycles. The van der Waals surface area contributed by atoms with Crippen molar-refractivity contribution in [1.82, 2.24) is 4.90 Å². The number of hydrogen-bond acceptors (Lipinski definition) is 4. The number of benzene rings is 3. The Morgan fingerprint density at radius 2 is 1.72 bits per heavy atom. The Morgan fingerprint density at radius 1 is 1.06 bits per heavy atom. The molecule has 186 valence electrons. The second-order valence-electron chi connectivity index (χ2n) is 9.03. The number of methoxy groups -OCH3 is 1. The molecule has 4 rings (SSSR count). The number of aliphatic hydroxyl groups excluding tert-OH is 1. The van der Waals surface area contributed by atoms with Crippen LogP contribution in [0.2, 0.25) is 5.02 Å². The van der Waals surface area contributed by atoms with Crippen LogP contribution in [0.1, 0.15) is 48.1 Å². The molecular formula is C29H27ClFNO4. The topological polar surface area (TPSA) is 66.8 Å². The van der Waals surface area contributed by atoms with Crippen LogP contribution < -0.4 is 4.74 Å². The second-order valence-corrected chi connectivity index (χ2v) is 9.47. The van der Waals surface area contributed by atoms with Gasteiger partial charge in [-0.25, -0.2) is 4.39 Å². The van der Waals surface area contributed by atoms with E-state index in [4.69, 9.17) is 16.3 Å². The van der Waals surface area contributed by atoms with Gasteiger partial charge in [0.05, 0.1) is 18.7 Å². The highest BCUT2D eigenvalue weighted by Crippen LogP contribution is 2.40. The van der Waals surface area contributed by atoms with Gasteiger partial charge in [0, 0.05) is 17.1 Å². The number of aliphatic hydroxyl groups is 1. The summed E-state index contributed by atoms with van der Waals surface area (Å²) in [4.78, 5) is 27.9. The molecule has 3 aromatic rings. The van der Waals surface area contributed by atoms with Gasteiger partial charge in [-0.3, -0.25) is 9.59 Å². The number of carbonyl (C=O) groups is 2. The van der Waals surface area contributed by atoms with E-state index in [1.54, 1.807) is 37.4 Å². The van der Waals surface area contributed by atoms with Gasteiger partial charge < -0.3 is 14.7 Å². The van der Waals surface area contributed by atoms with E-state index in [0.29, 0.717) is 28.3 Å². The molecule has 0 radical (unpaired) electrons. The highest BCUT2D eigenvalue weighted by atomic mass is 35.5. The number of nitrogens with zero attached hydrogens (tertiary/aromatic N) is 1. The van der Waals surface area contributed by atoms with E-state index in [1.165, 1.54) is 29.2 Å². The molecule has 5 nitrogen and oxygen atoms in total. The summed E-state index contributed by atoms with van der Waals surface area (Å²) >= 11 is 5.98. The molecule has 36 heavy (non-hydrogen) atoms. The van der Waals surface area contributed by atoms with Gasteiger partial charge in [-0.15, -0.1) is 0 Å². The largest absolute Gasteiger partial charge is 0.507 e. The molecule has 1 N–H and O–H groups in total. The number of Topliss-reactive ketones (excluding diaryl/α,β-unsaturated/α-hetero) is 1. The second kappa shape index (κ2) is 10.5. The third-order valence-electron chi connectivity index (χ3n) is 6.41. The monoisotopic (exact) mass is 507 g/mol. The third kappa shape index (κ3) is 5.00. The summed E-state index contributed by atoms with van der Waals surface area (Å²) in [7, 11) is 1.57. The van der Waals surface area contributed by atoms with E-state index < -0.39 is 23.5 Å². The Morgan fingerprint density at radius 3 is 2.33 bits per heavy atom. The minimum absolute atomic E-state index is 0.0254. The molecule has 1 fully saturated rings. The van der Waals surface area contributed by atoms with Crippen molar-refractivity contribution in [2.45, 2.75) is 32.2 Å². The first-order valence-corrected chi connectivity index (χ1v) is 12.1. The minimum atomic E-state index is -0.859. The number of rotatable bonds is 7. The summed E-state index contributed by atoms with van der Waals surface area (Å²) in [6.07, 6.45) is 0.474. The molecular weight excluding hydrogens is 481 g/mol. The lowest BCUT2D eigenvalue weighted by molar-refractivity contribution is -0.139. The summed E-state index contributed by atoms with van der Waals surface area (Å²) in [5.41, 5.74) is 2.71. The van der Waals surface area contributed by atoms with Crippen molar-refractivity contribution in [3.05, 3.63) is 105 Å². The molecule has 1 atom stereocenters. The van der Waals surface area contributed by atoms with Crippen LogP contribution in [0.15, 0.2) is 72.3 Å². The van der Waals surface area contributed by atoms with Crippen molar-refractivity contribution >= 4 is 29.1 Å². The van der Waals surface area contributed by atoms with E-state index >= 15 is 0 Å². The quantitative estimate of drug-likeness (QED) is 0.232. The number of ether oxygens (including phenoxy) is 1. The maximum absolute atomic E-state index is 13.7. The third-order valence-corrected chi connectivity index (χ3v) is 6.66. The fourth-order valence-corrected chi connectivity index (χ4v) is 4.62. The lowest BCUT2D eigenvalue weighted by Crippen LogP contribution is -2.31. The minimum Gasteiger partial charge on any atom is -0.507 e. The van der Waals surface area contributed by atoms with E-state index in [1.807, 2.05) is 26.0 Å². The van der Waals surface area contributed by atoms with Crippen LogP contribution in [0.4, 0.5) is 4.39 Å². The summed E-state index contributed by atoms with van der Waals surface area (Å²) in [6.45, 7) is 4.22. The van der Waals surface area contributed by atoms with Gasteiger partial charge in [-0.2, -0.15) is 0 Å². The van der Waals surface area contributed by atoms with E-state index in [-0.39, 0.29) is 23.8 Å². The Bertz CT molecular complexity index is 1320. The molecule has 0 spiro atoms. The van der Waals surface area contributed by atoms with Crippen LogP contribution in [0.5, 0.6) is 5.75 Å². The van der Waals surface area contributed by atoms with Crippen molar-refractivity contribution in [3.8, 4) is 5.75 Å². The first kappa shape index (κ1) is 25.5. The fraction of sp³-hybridized carbons (Fsp3) is 0.241. The van der Waals surface area contributed by atoms with Gasteiger partial charge in [-0.1, -0.05) is 49.7 Å². The molecule has 1 heterocycles. The molecule has 0 bridgehead atoms. The van der Waals surface area contributed by atoms with Crippen molar-refractivity contribution < 1.29 is 23.8 Å². The predicted octanol–water partition coefficient (Wildman–Crippen LogP) is 6.28. The first-order chi connectivity index (χ1) is 17.2. The molecule has 7 heteroatoms. The lowest BCUT2D eigenvalue weighted by Gasteiger charge is -2.25. The van der Waals surface area contributed by atoms with Crippen LogP contribution in [-0.4, -0.2) is 35.4 Å². The van der Waals surface area contributed by atoms with E-state index in [0.717, 1.165) is 11.1 Å². The van der Waals surface area contributed by atoms with Gasteiger partial charge in [0.1, 0.15) is 17.3 Å². The van der Waals surface area contributed by atoms with E-state index in [2.05, 4.69) is 0 Å². The normalized spacial score (nSPS) is 17.2. The Kier molecular flexibility index (Phi) is 7.45. The summed E-state index contributed by atoms with van der Waals surface area (Å²) in [5, 5.41) is 12.0. The zero-order valence-corrected chi connectivity index (χ0v) is 21.1. The molecule has 1 aliphatic heterocycles. The summed E-state index contributed by atoms with van der Waals surface area (Å²) in [6, 6.07) is 17.1. The smallest absolute Gasteiger partial charge is 0.295 e. The Labute approximate surface area is 214 Å². The molecule has 0 aromatic heterocycles. The Hall–Kier alpha value is -3.64. The average Bonchev–Trinajstić information content (AvgIpc) is 3.12. The highest BCUT2D eigenvalue weighted by molar-refractivity contribution is 6.46. The van der Waals surface area contributed by atoms with Crippen LogP contribution in [0.3, 0.4) is 0 Å². The Balaban J connectivity index is 1.80. The van der Waals surface area contributed by atoms with Gasteiger partial charge in [-0.05, 0) is 71.5 Å². The SMILES string of the molecule is COc1ccc(/C(O)=C2/C(=O)C(=O)N(CCc3ccc(Cl)cc3)C2c2ccc(F)cc2)cc1C(C)C. The number of ketones is 1. The maximum Gasteiger partial charge on any atom is 0.295 e. The van der Waals surface area contributed by atoms with Gasteiger partial charge in [0.15, 0.2) is 0 Å². The number of likely N-dealkylation sites (tertiary alicyclic amines) is 1. The van der Waals surface area contributed by atoms with Gasteiger partial charge in [0.2, 0.25) is 0 Å². The fourth-order valence-electron chi connectivity index (χ4n) is 4.49. The lowest BCUT2D eigenvalue weighted by atomic mass is 9.93. The molecule has 1 aliphatic rings. The van der Waals surface area contributed by atoms with Gasteiger partial charge >= 0.3 is 0 Å². The molecule has 3 aromatic carbocycles. The van der Waals surface area contributed by atoms with E-state index in [9.17, 15) is 19.1 Å². The summed E-state index contributed by atoms with van der Waals surface area (Å²) < 4.78 is 19.1. The highest BCUT2D eigenvalue weighted by Gasteiger charge is 2.45. The van der Waals surface area contributed by atoms with Crippen LogP contribution in [0.25, 0.3) is 5.76 Å². The number of hydrogen-bond donors (Lipinski definition) is 1. The zero-order valence-electron chi connectivity index (χ0n) is 20.3. The van der Waals surface area contributed by atoms with Crippen molar-refractivity contribution in [2.75, 3.05) is 13.7 Å².